The van der Waals surface area contributed by atoms with Gasteiger partial charge in [-0.2, -0.15) is 0 Å². The minimum absolute atomic E-state index is 0.113. The molecular formula is C19H20O2. The summed E-state index contributed by atoms with van der Waals surface area (Å²) in [5.74, 6) is 0.223. The molecule has 0 aliphatic heterocycles. The minimum Gasteiger partial charge on any atom is -0.461 e. The van der Waals surface area contributed by atoms with Gasteiger partial charge in [0.05, 0.1) is 0 Å². The Balaban J connectivity index is 1.79. The van der Waals surface area contributed by atoms with Crippen molar-refractivity contribution in [2.75, 3.05) is 0 Å². The summed E-state index contributed by atoms with van der Waals surface area (Å²) in [6, 6.07) is 14.7. The van der Waals surface area contributed by atoms with Crippen LogP contribution in [0.3, 0.4) is 0 Å². The topological polar surface area (TPSA) is 26.3 Å². The van der Waals surface area contributed by atoms with Crippen molar-refractivity contribution in [3.05, 3.63) is 59.2 Å². The molecule has 1 aliphatic carbocycles. The predicted octanol–water partition coefficient (Wildman–Crippen LogP) is 4.35. The van der Waals surface area contributed by atoms with Crippen LogP contribution >= 0.6 is 0 Å². The fourth-order valence-corrected chi connectivity index (χ4v) is 2.91. The van der Waals surface area contributed by atoms with Crippen molar-refractivity contribution >= 4 is 5.97 Å². The Hall–Kier alpha value is -2.09. The van der Waals surface area contributed by atoms with Crippen LogP contribution in [0.15, 0.2) is 42.5 Å². The van der Waals surface area contributed by atoms with Crippen molar-refractivity contribution in [2.24, 2.45) is 5.92 Å². The fourth-order valence-electron chi connectivity index (χ4n) is 2.91. The summed E-state index contributed by atoms with van der Waals surface area (Å²) in [4.78, 5) is 11.7. The molecule has 0 unspecified atom stereocenters. The van der Waals surface area contributed by atoms with Gasteiger partial charge in [0.2, 0.25) is 0 Å². The maximum absolute atomic E-state index is 11.7. The molecule has 2 aromatic rings. The lowest BCUT2D eigenvalue weighted by atomic mass is 10.0. The monoisotopic (exact) mass is 280 g/mol. The van der Waals surface area contributed by atoms with Gasteiger partial charge in [-0.15, -0.1) is 0 Å². The van der Waals surface area contributed by atoms with Crippen LogP contribution in [0.5, 0.6) is 0 Å². The van der Waals surface area contributed by atoms with Crippen LogP contribution in [-0.4, -0.2) is 5.97 Å². The van der Waals surface area contributed by atoms with E-state index in [1.54, 1.807) is 0 Å². The third-order valence-corrected chi connectivity index (χ3v) is 3.91. The van der Waals surface area contributed by atoms with Crippen molar-refractivity contribution in [1.29, 1.82) is 0 Å². The second-order valence-corrected chi connectivity index (χ2v) is 6.04. The van der Waals surface area contributed by atoms with E-state index < -0.39 is 0 Å². The highest BCUT2D eigenvalue weighted by Crippen LogP contribution is 2.38. The molecule has 2 heteroatoms. The number of carbonyl (C=O) groups is 1. The van der Waals surface area contributed by atoms with E-state index in [4.69, 9.17) is 4.74 Å². The summed E-state index contributed by atoms with van der Waals surface area (Å²) < 4.78 is 5.42. The summed E-state index contributed by atoms with van der Waals surface area (Å²) in [6.07, 6.45) is 1.42. The van der Waals surface area contributed by atoms with Gasteiger partial charge in [-0.05, 0) is 40.2 Å². The molecule has 2 nitrogen and oxygen atoms in total. The first-order chi connectivity index (χ1) is 10.1. The van der Waals surface area contributed by atoms with Gasteiger partial charge < -0.3 is 4.74 Å². The highest BCUT2D eigenvalue weighted by atomic mass is 16.5. The van der Waals surface area contributed by atoms with Gasteiger partial charge in [-0.25, -0.2) is 0 Å². The van der Waals surface area contributed by atoms with Crippen LogP contribution in [0.25, 0.3) is 11.1 Å². The van der Waals surface area contributed by atoms with E-state index in [-0.39, 0.29) is 5.97 Å². The number of rotatable bonds is 4. The van der Waals surface area contributed by atoms with E-state index >= 15 is 0 Å². The molecule has 0 fully saturated rings. The van der Waals surface area contributed by atoms with Crippen LogP contribution in [0.2, 0.25) is 0 Å². The molecule has 0 radical (unpaired) electrons. The third-order valence-electron chi connectivity index (χ3n) is 3.91. The Morgan fingerprint density at radius 2 is 1.86 bits per heavy atom. The zero-order chi connectivity index (χ0) is 14.8. The lowest BCUT2D eigenvalue weighted by Crippen LogP contribution is -2.08. The summed E-state index contributed by atoms with van der Waals surface area (Å²) in [6.45, 7) is 4.43. The van der Waals surface area contributed by atoms with Gasteiger partial charge >= 0.3 is 5.97 Å². The molecule has 0 aromatic heterocycles. The van der Waals surface area contributed by atoms with Gasteiger partial charge in [0.25, 0.3) is 0 Å². The second kappa shape index (κ2) is 5.72. The van der Waals surface area contributed by atoms with E-state index in [0.717, 1.165) is 12.0 Å². The third kappa shape index (κ3) is 2.85. The first-order valence-corrected chi connectivity index (χ1v) is 7.50. The fraction of sp³-hybridized carbons (Fsp3) is 0.316. The Labute approximate surface area is 125 Å². The summed E-state index contributed by atoms with van der Waals surface area (Å²) in [5.41, 5.74) is 6.37. The molecule has 3 rings (SSSR count). The van der Waals surface area contributed by atoms with Crippen LogP contribution < -0.4 is 0 Å². The SMILES string of the molecule is CC(C)CC(=O)OCc1cccc2c1Cc1ccccc1-2. The standard InChI is InChI=1S/C19H20O2/c1-13(2)10-19(20)21-12-15-7-5-9-17-16-8-4-3-6-14(16)11-18(15)17/h3-9,13H,10-12H2,1-2H3. The maximum atomic E-state index is 11.7. The van der Waals surface area contributed by atoms with E-state index in [2.05, 4.69) is 36.4 Å². The highest BCUT2D eigenvalue weighted by molar-refractivity contribution is 5.78. The first-order valence-electron chi connectivity index (χ1n) is 7.50. The number of ether oxygens (including phenoxy) is 1. The molecule has 0 amide bonds. The zero-order valence-corrected chi connectivity index (χ0v) is 12.6. The molecule has 0 N–H and O–H groups in total. The van der Waals surface area contributed by atoms with Crippen molar-refractivity contribution in [3.63, 3.8) is 0 Å². The van der Waals surface area contributed by atoms with Gasteiger partial charge in [0.1, 0.15) is 6.61 Å². The smallest absolute Gasteiger partial charge is 0.306 e. The summed E-state index contributed by atoms with van der Waals surface area (Å²) in [5, 5.41) is 0. The lowest BCUT2D eigenvalue weighted by Gasteiger charge is -2.10. The normalized spacial score (nSPS) is 12.1. The van der Waals surface area contributed by atoms with E-state index in [0.29, 0.717) is 18.9 Å². The molecule has 0 heterocycles. The predicted molar refractivity (Wildman–Crippen MR) is 83.9 cm³/mol. The number of hydrogen-bond donors (Lipinski definition) is 0. The van der Waals surface area contributed by atoms with Crippen LogP contribution in [0.1, 0.15) is 37.0 Å². The number of carbonyl (C=O) groups excluding carboxylic acids is 1. The Kier molecular flexibility index (Phi) is 3.78. The number of benzene rings is 2. The van der Waals surface area contributed by atoms with Crippen molar-refractivity contribution in [3.8, 4) is 11.1 Å². The molecule has 0 spiro atoms. The lowest BCUT2D eigenvalue weighted by molar-refractivity contribution is -0.145. The van der Waals surface area contributed by atoms with E-state index in [1.165, 1.54) is 22.3 Å². The molecule has 0 atom stereocenters. The maximum Gasteiger partial charge on any atom is 0.306 e. The quantitative estimate of drug-likeness (QED) is 0.664. The van der Waals surface area contributed by atoms with Gasteiger partial charge in [0.15, 0.2) is 0 Å². The molecule has 108 valence electrons. The van der Waals surface area contributed by atoms with Crippen LogP contribution in [0, 0.1) is 5.92 Å². The molecule has 1 aliphatic rings. The molecular weight excluding hydrogens is 260 g/mol. The van der Waals surface area contributed by atoms with Crippen molar-refractivity contribution in [1.82, 2.24) is 0 Å². The number of hydrogen-bond acceptors (Lipinski definition) is 2. The second-order valence-electron chi connectivity index (χ2n) is 6.04. The Morgan fingerprint density at radius 1 is 1.10 bits per heavy atom. The summed E-state index contributed by atoms with van der Waals surface area (Å²) >= 11 is 0. The highest BCUT2D eigenvalue weighted by Gasteiger charge is 2.20. The van der Waals surface area contributed by atoms with Crippen molar-refractivity contribution in [2.45, 2.75) is 33.3 Å². The molecule has 0 saturated heterocycles. The largest absolute Gasteiger partial charge is 0.461 e. The molecule has 0 saturated carbocycles. The van der Waals surface area contributed by atoms with Crippen molar-refractivity contribution < 1.29 is 9.53 Å². The average molecular weight is 280 g/mol. The van der Waals surface area contributed by atoms with E-state index in [1.807, 2.05) is 19.9 Å². The molecule has 2 aromatic carbocycles. The zero-order valence-electron chi connectivity index (χ0n) is 12.6. The van der Waals surface area contributed by atoms with Gasteiger partial charge in [0, 0.05) is 6.42 Å². The van der Waals surface area contributed by atoms with Crippen LogP contribution in [0.4, 0.5) is 0 Å². The molecule has 0 bridgehead atoms. The number of fused-ring (bicyclic) bond motifs is 3. The number of esters is 1. The van der Waals surface area contributed by atoms with E-state index in [9.17, 15) is 4.79 Å². The first kappa shape index (κ1) is 13.9. The Morgan fingerprint density at radius 3 is 2.67 bits per heavy atom. The minimum atomic E-state index is -0.113. The van der Waals surface area contributed by atoms with Gasteiger partial charge in [-0.1, -0.05) is 56.3 Å². The van der Waals surface area contributed by atoms with Gasteiger partial charge in [-0.3, -0.25) is 4.79 Å². The summed E-state index contributed by atoms with van der Waals surface area (Å²) in [7, 11) is 0. The Bertz CT molecular complexity index is 671. The molecule has 21 heavy (non-hydrogen) atoms. The van der Waals surface area contributed by atoms with Crippen LogP contribution in [-0.2, 0) is 22.6 Å². The average Bonchev–Trinajstić information content (AvgIpc) is 2.83.